The van der Waals surface area contributed by atoms with E-state index in [0.29, 0.717) is 3.71 Å². The zero-order chi connectivity index (χ0) is 16.3. The Morgan fingerprint density at radius 3 is 1.76 bits per heavy atom. The maximum Gasteiger partial charge on any atom is 0.337 e. The van der Waals surface area contributed by atoms with Crippen molar-refractivity contribution in [2.75, 3.05) is 22.3 Å². The lowest BCUT2D eigenvalue weighted by Gasteiger charge is -2.22. The van der Waals surface area contributed by atoms with Gasteiger partial charge in [-0.25, -0.2) is 21.6 Å². The number of nitrogens with zero attached hydrogens (tertiary/aromatic N) is 1. The van der Waals surface area contributed by atoms with Crippen LogP contribution in [0.4, 0.5) is 5.69 Å². The summed E-state index contributed by atoms with van der Waals surface area (Å²) in [5.74, 6) is -1.31. The van der Waals surface area contributed by atoms with E-state index in [1.165, 1.54) is 45.2 Å². The smallest absolute Gasteiger partial charge is 0.337 e. The Hall–Kier alpha value is -1.61. The molecule has 0 bridgehead atoms. The van der Waals surface area contributed by atoms with E-state index >= 15 is 0 Å². The largest absolute Gasteiger partial charge is 0.465 e. The van der Waals surface area contributed by atoms with E-state index in [2.05, 4.69) is 4.74 Å². The van der Waals surface area contributed by atoms with Crippen molar-refractivity contribution in [2.45, 2.75) is 13.8 Å². The van der Waals surface area contributed by atoms with Gasteiger partial charge in [0.2, 0.25) is 20.0 Å². The molecule has 0 heterocycles. The van der Waals surface area contributed by atoms with Gasteiger partial charge in [0.15, 0.2) is 0 Å². The molecule has 0 aromatic heterocycles. The molecule has 7 nitrogen and oxygen atoms in total. The quantitative estimate of drug-likeness (QED) is 0.719. The number of methoxy groups -OCH3 is 1. The summed E-state index contributed by atoms with van der Waals surface area (Å²) in [5, 5.41) is 0. The third kappa shape index (κ3) is 3.73. The Kier molecular flexibility index (Phi) is 5.35. The van der Waals surface area contributed by atoms with Crippen molar-refractivity contribution in [3.8, 4) is 0 Å². The van der Waals surface area contributed by atoms with Crippen molar-refractivity contribution >= 4 is 31.7 Å². The number of esters is 1. The summed E-state index contributed by atoms with van der Waals surface area (Å²) in [5.41, 5.74) is 0.162. The lowest BCUT2D eigenvalue weighted by Crippen LogP contribution is -2.39. The Morgan fingerprint density at radius 1 is 1.00 bits per heavy atom. The molecule has 1 rings (SSSR count). The van der Waals surface area contributed by atoms with Crippen molar-refractivity contribution in [3.63, 3.8) is 0 Å². The van der Waals surface area contributed by atoms with Crippen molar-refractivity contribution in [1.82, 2.24) is 0 Å². The fraction of sp³-hybridized carbons (Fsp3) is 0.417. The molecule has 0 unspecified atom stereocenters. The molecule has 0 N–H and O–H groups in total. The summed E-state index contributed by atoms with van der Waals surface area (Å²) in [6, 6.07) is 5.13. The first-order valence-electron chi connectivity index (χ1n) is 6.13. The number of sulfonamides is 2. The first-order valence-corrected chi connectivity index (χ1v) is 9.35. The van der Waals surface area contributed by atoms with Gasteiger partial charge in [-0.15, -0.1) is 0 Å². The zero-order valence-corrected chi connectivity index (χ0v) is 13.6. The maximum absolute atomic E-state index is 12.0. The molecule has 0 saturated carbocycles. The van der Waals surface area contributed by atoms with Crippen LogP contribution >= 0.6 is 0 Å². The van der Waals surface area contributed by atoms with Gasteiger partial charge >= 0.3 is 5.97 Å². The van der Waals surface area contributed by atoms with Gasteiger partial charge < -0.3 is 4.74 Å². The van der Waals surface area contributed by atoms with Crippen LogP contribution in [0.25, 0.3) is 0 Å². The highest BCUT2D eigenvalue weighted by molar-refractivity contribution is 8.10. The van der Waals surface area contributed by atoms with E-state index in [0.717, 1.165) is 0 Å². The second kappa shape index (κ2) is 6.44. The summed E-state index contributed by atoms with van der Waals surface area (Å²) in [7, 11) is -6.77. The Bertz CT molecular complexity index is 673. The van der Waals surface area contributed by atoms with Gasteiger partial charge in [0, 0.05) is 0 Å². The number of rotatable bonds is 6. The first-order chi connectivity index (χ1) is 9.69. The Morgan fingerprint density at radius 2 is 1.43 bits per heavy atom. The Labute approximate surface area is 124 Å². The number of ether oxygens (including phenoxy) is 1. The molecule has 9 heteroatoms. The third-order valence-corrected chi connectivity index (χ3v) is 6.99. The lowest BCUT2D eigenvalue weighted by atomic mass is 10.2. The molecule has 0 aliphatic carbocycles. The summed E-state index contributed by atoms with van der Waals surface area (Å²) in [4.78, 5) is 11.3. The fourth-order valence-corrected chi connectivity index (χ4v) is 4.94. The van der Waals surface area contributed by atoms with Crippen LogP contribution in [0.1, 0.15) is 24.2 Å². The highest BCUT2D eigenvalue weighted by atomic mass is 32.3. The number of anilines is 1. The van der Waals surface area contributed by atoms with Crippen molar-refractivity contribution < 1.29 is 26.4 Å². The van der Waals surface area contributed by atoms with Gasteiger partial charge in [0.1, 0.15) is 0 Å². The van der Waals surface area contributed by atoms with Crippen LogP contribution in [0, 0.1) is 0 Å². The van der Waals surface area contributed by atoms with E-state index in [1.54, 1.807) is 0 Å². The van der Waals surface area contributed by atoms with Gasteiger partial charge in [0.05, 0.1) is 29.9 Å². The predicted molar refractivity (Wildman–Crippen MR) is 79.2 cm³/mol. The van der Waals surface area contributed by atoms with Gasteiger partial charge in [0.25, 0.3) is 0 Å². The summed E-state index contributed by atoms with van der Waals surface area (Å²) < 4.78 is 53.1. The highest BCUT2D eigenvalue weighted by Crippen LogP contribution is 2.23. The van der Waals surface area contributed by atoms with E-state index in [1.807, 2.05) is 0 Å². The standard InChI is InChI=1S/C12H17NO6S2/c1-4-20(15,16)13(21(17,18)5-2)11-8-6-10(7-9-11)12(14)19-3/h6-9H,4-5H2,1-3H3. The van der Waals surface area contributed by atoms with Crippen LogP contribution in [-0.2, 0) is 24.8 Å². The van der Waals surface area contributed by atoms with Gasteiger partial charge in [-0.3, -0.25) is 0 Å². The van der Waals surface area contributed by atoms with E-state index < -0.39 is 26.0 Å². The molecular formula is C12H17NO6S2. The summed E-state index contributed by atoms with van der Waals surface area (Å²) >= 11 is 0. The van der Waals surface area contributed by atoms with Gasteiger partial charge in [-0.05, 0) is 38.1 Å². The second-order valence-electron chi connectivity index (χ2n) is 4.04. The van der Waals surface area contributed by atoms with Crippen molar-refractivity contribution in [2.24, 2.45) is 0 Å². The summed E-state index contributed by atoms with van der Waals surface area (Å²) in [6.45, 7) is 2.71. The molecule has 21 heavy (non-hydrogen) atoms. The number of hydrogen-bond donors (Lipinski definition) is 0. The van der Waals surface area contributed by atoms with E-state index in [-0.39, 0.29) is 22.8 Å². The molecule has 118 valence electrons. The minimum atomic E-state index is -3.99. The van der Waals surface area contributed by atoms with Crippen LogP contribution in [0.15, 0.2) is 24.3 Å². The zero-order valence-electron chi connectivity index (χ0n) is 11.9. The topological polar surface area (TPSA) is 97.8 Å². The molecule has 0 aliphatic rings. The van der Waals surface area contributed by atoms with Crippen LogP contribution in [-0.4, -0.2) is 41.4 Å². The van der Waals surface area contributed by atoms with Crippen LogP contribution in [0.3, 0.4) is 0 Å². The molecule has 0 amide bonds. The second-order valence-corrected chi connectivity index (χ2v) is 8.48. The van der Waals surface area contributed by atoms with Crippen molar-refractivity contribution in [1.29, 1.82) is 0 Å². The average molecular weight is 335 g/mol. The molecular weight excluding hydrogens is 318 g/mol. The highest BCUT2D eigenvalue weighted by Gasteiger charge is 2.31. The van der Waals surface area contributed by atoms with E-state index in [4.69, 9.17) is 0 Å². The van der Waals surface area contributed by atoms with Gasteiger partial charge in [-0.2, -0.15) is 3.71 Å². The molecule has 0 atom stereocenters. The Balaban J connectivity index is 3.39. The summed E-state index contributed by atoms with van der Waals surface area (Å²) in [6.07, 6.45) is 0. The number of benzene rings is 1. The maximum atomic E-state index is 12.0. The number of hydrogen-bond acceptors (Lipinski definition) is 6. The van der Waals surface area contributed by atoms with E-state index in [9.17, 15) is 21.6 Å². The van der Waals surface area contributed by atoms with Gasteiger partial charge in [-0.1, -0.05) is 0 Å². The minimum absolute atomic E-state index is 0.0358. The average Bonchev–Trinajstić information content (AvgIpc) is 2.46. The molecule has 0 spiro atoms. The predicted octanol–water partition coefficient (Wildman–Crippen LogP) is 0.979. The van der Waals surface area contributed by atoms with Crippen LogP contribution in [0.2, 0.25) is 0 Å². The molecule has 0 aliphatic heterocycles. The lowest BCUT2D eigenvalue weighted by molar-refractivity contribution is 0.0600. The van der Waals surface area contributed by atoms with Crippen molar-refractivity contribution in [3.05, 3.63) is 29.8 Å². The molecule has 0 radical (unpaired) electrons. The molecule has 0 saturated heterocycles. The fourth-order valence-electron chi connectivity index (χ4n) is 1.57. The molecule has 1 aromatic rings. The molecule has 0 fully saturated rings. The normalized spacial score (nSPS) is 12.0. The monoisotopic (exact) mass is 335 g/mol. The third-order valence-electron chi connectivity index (χ3n) is 2.73. The minimum Gasteiger partial charge on any atom is -0.465 e. The first kappa shape index (κ1) is 17.4. The number of carbonyl (C=O) groups is 1. The molecule has 1 aromatic carbocycles. The van der Waals surface area contributed by atoms with Crippen LogP contribution in [0.5, 0.6) is 0 Å². The SMILES string of the molecule is CCS(=O)(=O)N(c1ccc(C(=O)OC)cc1)S(=O)(=O)CC. The number of carbonyl (C=O) groups excluding carboxylic acids is 1. The van der Waals surface area contributed by atoms with Crippen LogP contribution < -0.4 is 3.71 Å².